The number of ether oxygens (including phenoxy) is 2. The summed E-state index contributed by atoms with van der Waals surface area (Å²) in [6.45, 7) is 4.94. The molecule has 1 aliphatic heterocycles. The van der Waals surface area contributed by atoms with Gasteiger partial charge in [0.1, 0.15) is 29.0 Å². The third-order valence-electron chi connectivity index (χ3n) is 3.78. The molecule has 0 aromatic heterocycles. The Bertz CT molecular complexity index is 912. The van der Waals surface area contributed by atoms with E-state index in [-0.39, 0.29) is 5.91 Å². The minimum absolute atomic E-state index is 0.0934. The maximum atomic E-state index is 12.4. The van der Waals surface area contributed by atoms with Gasteiger partial charge in [0, 0.05) is 11.0 Å². The maximum absolute atomic E-state index is 12.4. The number of thiocarbonyl (C=S) groups is 1. The maximum Gasteiger partial charge on any atom is 0.266 e. The minimum Gasteiger partial charge on any atom is -0.490 e. The highest BCUT2D eigenvalue weighted by Gasteiger charge is 2.30. The third kappa shape index (κ3) is 5.47. The fourth-order valence-electron chi connectivity index (χ4n) is 2.48. The van der Waals surface area contributed by atoms with Crippen LogP contribution in [0.4, 0.5) is 0 Å². The van der Waals surface area contributed by atoms with Crippen molar-refractivity contribution < 1.29 is 14.3 Å². The first-order chi connectivity index (χ1) is 13.6. The zero-order valence-corrected chi connectivity index (χ0v) is 18.2. The normalized spacial score (nSPS) is 15.2. The highest BCUT2D eigenvalue weighted by molar-refractivity contribution is 9.10. The Labute approximate surface area is 182 Å². The standard InChI is InChI=1S/C21H18BrNO3S2/c1-2-10-23-20(24)19(28-21(23)27)14-15-4-3-5-18(13-15)26-12-11-25-17-8-6-16(22)7-9-17/h2-9,13-14H,1,10-12H2/b19-14-. The Kier molecular flexibility index (Phi) is 7.30. The van der Waals surface area contributed by atoms with Crippen molar-refractivity contribution >= 4 is 56.2 Å². The van der Waals surface area contributed by atoms with Gasteiger partial charge in [0.15, 0.2) is 0 Å². The summed E-state index contributed by atoms with van der Waals surface area (Å²) >= 11 is 9.95. The molecule has 1 fully saturated rings. The van der Waals surface area contributed by atoms with Crippen molar-refractivity contribution in [3.63, 3.8) is 0 Å². The topological polar surface area (TPSA) is 38.8 Å². The van der Waals surface area contributed by atoms with Crippen LogP contribution in [-0.2, 0) is 4.79 Å². The molecule has 3 rings (SSSR count). The molecule has 0 spiro atoms. The number of hydrogen-bond donors (Lipinski definition) is 0. The summed E-state index contributed by atoms with van der Waals surface area (Å²) in [5, 5.41) is 0. The van der Waals surface area contributed by atoms with Gasteiger partial charge in [0.25, 0.3) is 5.91 Å². The quantitative estimate of drug-likeness (QED) is 0.224. The molecule has 1 aliphatic rings. The molecular weight excluding hydrogens is 458 g/mol. The lowest BCUT2D eigenvalue weighted by atomic mass is 10.2. The predicted octanol–water partition coefficient (Wildman–Crippen LogP) is 5.29. The number of rotatable bonds is 8. The summed E-state index contributed by atoms with van der Waals surface area (Å²) in [5.74, 6) is 1.42. The summed E-state index contributed by atoms with van der Waals surface area (Å²) < 4.78 is 13.0. The Morgan fingerprint density at radius 1 is 1.11 bits per heavy atom. The number of carbonyl (C=O) groups is 1. The van der Waals surface area contributed by atoms with Gasteiger partial charge in [-0.1, -0.05) is 58.1 Å². The Hall–Kier alpha value is -2.09. The molecule has 1 amide bonds. The number of amides is 1. The molecule has 0 unspecified atom stereocenters. The first-order valence-corrected chi connectivity index (χ1v) is 10.6. The molecule has 1 heterocycles. The van der Waals surface area contributed by atoms with E-state index < -0.39 is 0 Å². The highest BCUT2D eigenvalue weighted by atomic mass is 79.9. The molecule has 0 bridgehead atoms. The van der Waals surface area contributed by atoms with Gasteiger partial charge in [-0.3, -0.25) is 9.69 Å². The van der Waals surface area contributed by atoms with Gasteiger partial charge in [-0.25, -0.2) is 0 Å². The molecule has 0 aliphatic carbocycles. The Balaban J connectivity index is 1.56. The van der Waals surface area contributed by atoms with Crippen LogP contribution in [0.3, 0.4) is 0 Å². The Morgan fingerprint density at radius 3 is 2.54 bits per heavy atom. The zero-order valence-electron chi connectivity index (χ0n) is 15.0. The number of thioether (sulfide) groups is 1. The van der Waals surface area contributed by atoms with Gasteiger partial charge in [-0.2, -0.15) is 0 Å². The van der Waals surface area contributed by atoms with Crippen molar-refractivity contribution in [2.45, 2.75) is 0 Å². The van der Waals surface area contributed by atoms with Gasteiger partial charge in [-0.05, 0) is 48.0 Å². The molecule has 0 radical (unpaired) electrons. The van der Waals surface area contributed by atoms with Crippen LogP contribution in [0, 0.1) is 0 Å². The molecule has 0 N–H and O–H groups in total. The summed E-state index contributed by atoms with van der Waals surface area (Å²) in [6, 6.07) is 15.2. The molecule has 144 valence electrons. The molecule has 2 aromatic rings. The van der Waals surface area contributed by atoms with Crippen molar-refractivity contribution in [2.75, 3.05) is 19.8 Å². The van der Waals surface area contributed by atoms with Crippen LogP contribution in [0.2, 0.25) is 0 Å². The van der Waals surface area contributed by atoms with Gasteiger partial charge < -0.3 is 9.47 Å². The third-order valence-corrected chi connectivity index (χ3v) is 5.68. The van der Waals surface area contributed by atoms with Gasteiger partial charge >= 0.3 is 0 Å². The average Bonchev–Trinajstić information content (AvgIpc) is 2.95. The number of carbonyl (C=O) groups excluding carboxylic acids is 1. The van der Waals surface area contributed by atoms with Crippen molar-refractivity contribution in [1.29, 1.82) is 0 Å². The van der Waals surface area contributed by atoms with Crippen LogP contribution in [0.5, 0.6) is 11.5 Å². The molecule has 28 heavy (non-hydrogen) atoms. The van der Waals surface area contributed by atoms with Crippen LogP contribution >= 0.6 is 39.9 Å². The number of nitrogens with zero attached hydrogens (tertiary/aromatic N) is 1. The van der Waals surface area contributed by atoms with E-state index in [1.807, 2.05) is 54.6 Å². The summed E-state index contributed by atoms with van der Waals surface area (Å²) in [7, 11) is 0. The lowest BCUT2D eigenvalue weighted by Gasteiger charge is -2.10. The van der Waals surface area contributed by atoms with Crippen molar-refractivity contribution in [1.82, 2.24) is 4.90 Å². The fourth-order valence-corrected chi connectivity index (χ4v) is 4.02. The van der Waals surface area contributed by atoms with Crippen molar-refractivity contribution in [3.8, 4) is 11.5 Å². The summed E-state index contributed by atoms with van der Waals surface area (Å²) in [6.07, 6.45) is 3.49. The monoisotopic (exact) mass is 475 g/mol. The number of halogens is 1. The molecular formula is C21H18BrNO3S2. The van der Waals surface area contributed by atoms with E-state index in [4.69, 9.17) is 21.7 Å². The van der Waals surface area contributed by atoms with Crippen LogP contribution in [0.1, 0.15) is 5.56 Å². The van der Waals surface area contributed by atoms with E-state index in [9.17, 15) is 4.79 Å². The smallest absolute Gasteiger partial charge is 0.266 e. The second-order valence-corrected chi connectivity index (χ2v) is 8.40. The zero-order chi connectivity index (χ0) is 19.9. The fraction of sp³-hybridized carbons (Fsp3) is 0.143. The first kappa shape index (κ1) is 20.6. The van der Waals surface area contributed by atoms with E-state index in [1.165, 1.54) is 11.8 Å². The molecule has 0 saturated carbocycles. The van der Waals surface area contributed by atoms with Crippen LogP contribution in [0.15, 0.2) is 70.6 Å². The van der Waals surface area contributed by atoms with E-state index in [1.54, 1.807) is 11.0 Å². The van der Waals surface area contributed by atoms with Gasteiger partial charge in [0.2, 0.25) is 0 Å². The first-order valence-electron chi connectivity index (χ1n) is 8.54. The summed E-state index contributed by atoms with van der Waals surface area (Å²) in [5.41, 5.74) is 0.880. The van der Waals surface area contributed by atoms with Crippen LogP contribution in [-0.4, -0.2) is 34.9 Å². The Morgan fingerprint density at radius 2 is 1.82 bits per heavy atom. The van der Waals surface area contributed by atoms with Gasteiger partial charge in [-0.15, -0.1) is 6.58 Å². The van der Waals surface area contributed by atoms with Crippen molar-refractivity contribution in [3.05, 3.63) is 76.1 Å². The summed E-state index contributed by atoms with van der Waals surface area (Å²) in [4.78, 5) is 14.6. The largest absolute Gasteiger partial charge is 0.490 e. The lowest BCUT2D eigenvalue weighted by molar-refractivity contribution is -0.121. The van der Waals surface area contributed by atoms with E-state index in [0.29, 0.717) is 29.0 Å². The molecule has 4 nitrogen and oxygen atoms in total. The molecule has 1 saturated heterocycles. The highest BCUT2D eigenvalue weighted by Crippen LogP contribution is 2.32. The number of hydrogen-bond acceptors (Lipinski definition) is 5. The van der Waals surface area contributed by atoms with Crippen molar-refractivity contribution in [2.24, 2.45) is 0 Å². The minimum atomic E-state index is -0.0934. The lowest BCUT2D eigenvalue weighted by Crippen LogP contribution is -2.27. The molecule has 2 aromatic carbocycles. The average molecular weight is 476 g/mol. The van der Waals surface area contributed by atoms with Gasteiger partial charge in [0.05, 0.1) is 4.91 Å². The van der Waals surface area contributed by atoms with E-state index in [0.717, 1.165) is 21.5 Å². The van der Waals surface area contributed by atoms with E-state index >= 15 is 0 Å². The van der Waals surface area contributed by atoms with E-state index in [2.05, 4.69) is 22.5 Å². The molecule has 0 atom stereocenters. The second kappa shape index (κ2) is 9.91. The van der Waals surface area contributed by atoms with Crippen LogP contribution in [0.25, 0.3) is 6.08 Å². The molecule has 7 heteroatoms. The predicted molar refractivity (Wildman–Crippen MR) is 122 cm³/mol. The SMILES string of the molecule is C=CCN1C(=O)/C(=C/c2cccc(OCCOc3ccc(Br)cc3)c2)SC1=S. The van der Waals surface area contributed by atoms with Crippen LogP contribution < -0.4 is 9.47 Å². The number of benzene rings is 2. The second-order valence-electron chi connectivity index (χ2n) is 5.80.